The van der Waals surface area contributed by atoms with Crippen LogP contribution in [0.2, 0.25) is 0 Å². The number of anilines is 1. The summed E-state index contributed by atoms with van der Waals surface area (Å²) in [5.41, 5.74) is 4.29. The van der Waals surface area contributed by atoms with Crippen LogP contribution in [-0.2, 0) is 10.3 Å². The molecule has 1 amide bonds. The minimum absolute atomic E-state index is 0.0738. The summed E-state index contributed by atoms with van der Waals surface area (Å²) in [4.78, 5) is 26.4. The number of aliphatic hydroxyl groups excluding tert-OH is 1. The molecule has 0 spiro atoms. The second kappa shape index (κ2) is 13.2. The van der Waals surface area contributed by atoms with E-state index < -0.39 is 5.60 Å². The molecule has 9 nitrogen and oxygen atoms in total. The normalized spacial score (nSPS) is 17.5. The summed E-state index contributed by atoms with van der Waals surface area (Å²) in [5.74, 6) is 0.406. The lowest BCUT2D eigenvalue weighted by Crippen LogP contribution is -2.47. The molecule has 48 heavy (non-hydrogen) atoms. The Labute approximate surface area is 278 Å². The number of fused-ring (bicyclic) bond motifs is 1. The lowest BCUT2D eigenvalue weighted by atomic mass is 9.66. The standard InChI is InChI=1S/C39H35N5O4/c1-26-32(22-45)33(35(26)44-25-42-34-36(40-24-41-37(34)44)43-38(46)27-12-6-3-7-13-27)23-48-39(28-14-8-4-9-15-28,29-16-10-5-11-17-29)30-18-20-31(47-2)21-19-30/h3-21,24-25,32-33,35,45H,1,22-23H2,2H3,(H,40,41,43,46)/t32-,33+,35+/m1/s1. The molecule has 7 rings (SSSR count). The summed E-state index contributed by atoms with van der Waals surface area (Å²) in [6.07, 6.45) is 3.11. The van der Waals surface area contributed by atoms with E-state index in [9.17, 15) is 9.90 Å². The summed E-state index contributed by atoms with van der Waals surface area (Å²) in [6, 6.07) is 36.9. The molecule has 2 aromatic heterocycles. The second-order valence-corrected chi connectivity index (χ2v) is 11.8. The van der Waals surface area contributed by atoms with E-state index in [1.807, 2.05) is 71.3 Å². The summed E-state index contributed by atoms with van der Waals surface area (Å²) < 4.78 is 14.6. The van der Waals surface area contributed by atoms with Gasteiger partial charge in [-0.3, -0.25) is 4.79 Å². The quantitative estimate of drug-likeness (QED) is 0.124. The van der Waals surface area contributed by atoms with E-state index >= 15 is 0 Å². The number of aromatic nitrogens is 4. The maximum Gasteiger partial charge on any atom is 0.256 e. The minimum Gasteiger partial charge on any atom is -0.497 e. The Bertz CT molecular complexity index is 1990. The van der Waals surface area contributed by atoms with Gasteiger partial charge in [-0.05, 0) is 46.5 Å². The number of nitrogens with zero attached hydrogens (tertiary/aromatic N) is 4. The first kappa shape index (κ1) is 31.0. The fourth-order valence-electron chi connectivity index (χ4n) is 6.77. The third-order valence-electron chi connectivity index (χ3n) is 9.25. The monoisotopic (exact) mass is 637 g/mol. The molecule has 240 valence electrons. The Kier molecular flexibility index (Phi) is 8.54. The number of nitrogens with one attached hydrogen (secondary N) is 1. The molecule has 0 saturated heterocycles. The van der Waals surface area contributed by atoms with Crippen LogP contribution >= 0.6 is 0 Å². The zero-order valence-electron chi connectivity index (χ0n) is 26.4. The summed E-state index contributed by atoms with van der Waals surface area (Å²) in [6.45, 7) is 4.58. The number of carbonyl (C=O) groups is 1. The highest BCUT2D eigenvalue weighted by Gasteiger charge is 2.48. The van der Waals surface area contributed by atoms with Crippen LogP contribution in [0.1, 0.15) is 33.1 Å². The number of hydrogen-bond donors (Lipinski definition) is 2. The molecule has 2 N–H and O–H groups in total. The van der Waals surface area contributed by atoms with E-state index in [0.717, 1.165) is 28.0 Å². The van der Waals surface area contributed by atoms with Crippen molar-refractivity contribution in [1.29, 1.82) is 0 Å². The molecular weight excluding hydrogens is 602 g/mol. The number of amides is 1. The smallest absolute Gasteiger partial charge is 0.256 e. The maximum atomic E-state index is 12.9. The third kappa shape index (κ3) is 5.42. The molecule has 0 radical (unpaired) electrons. The van der Waals surface area contributed by atoms with E-state index in [-0.39, 0.29) is 37.0 Å². The van der Waals surface area contributed by atoms with Crippen LogP contribution in [0.3, 0.4) is 0 Å². The highest BCUT2D eigenvalue weighted by Crippen LogP contribution is 2.51. The zero-order valence-corrected chi connectivity index (χ0v) is 26.4. The van der Waals surface area contributed by atoms with Gasteiger partial charge in [0.05, 0.1) is 32.7 Å². The molecule has 6 aromatic rings. The fourth-order valence-corrected chi connectivity index (χ4v) is 6.77. The Balaban J connectivity index is 1.25. The third-order valence-corrected chi connectivity index (χ3v) is 9.25. The van der Waals surface area contributed by atoms with Crippen molar-refractivity contribution in [1.82, 2.24) is 19.5 Å². The number of aliphatic hydroxyl groups is 1. The van der Waals surface area contributed by atoms with Crippen LogP contribution in [0.15, 0.2) is 140 Å². The van der Waals surface area contributed by atoms with Crippen LogP contribution in [0.25, 0.3) is 11.2 Å². The van der Waals surface area contributed by atoms with E-state index in [2.05, 4.69) is 51.1 Å². The summed E-state index contributed by atoms with van der Waals surface area (Å²) in [5, 5.41) is 13.4. The van der Waals surface area contributed by atoms with Crippen molar-refractivity contribution >= 4 is 22.9 Å². The van der Waals surface area contributed by atoms with Gasteiger partial charge in [-0.1, -0.05) is 97.6 Å². The van der Waals surface area contributed by atoms with Gasteiger partial charge in [0.15, 0.2) is 17.0 Å². The van der Waals surface area contributed by atoms with Crippen molar-refractivity contribution in [2.24, 2.45) is 11.8 Å². The highest BCUT2D eigenvalue weighted by atomic mass is 16.5. The molecule has 1 saturated carbocycles. The van der Waals surface area contributed by atoms with Crippen molar-refractivity contribution in [3.63, 3.8) is 0 Å². The number of imidazole rings is 1. The molecule has 4 aromatic carbocycles. The van der Waals surface area contributed by atoms with E-state index in [1.165, 1.54) is 6.33 Å². The van der Waals surface area contributed by atoms with Gasteiger partial charge in [-0.15, -0.1) is 0 Å². The first-order valence-corrected chi connectivity index (χ1v) is 15.8. The lowest BCUT2D eigenvalue weighted by molar-refractivity contribution is -0.0502. The maximum absolute atomic E-state index is 12.9. The van der Waals surface area contributed by atoms with Crippen molar-refractivity contribution in [3.8, 4) is 5.75 Å². The summed E-state index contributed by atoms with van der Waals surface area (Å²) >= 11 is 0. The molecular formula is C39H35N5O4. The second-order valence-electron chi connectivity index (χ2n) is 11.8. The van der Waals surface area contributed by atoms with Gasteiger partial charge in [0.2, 0.25) is 0 Å². The topological polar surface area (TPSA) is 111 Å². The molecule has 0 unspecified atom stereocenters. The fraction of sp³-hybridized carbons (Fsp3) is 0.179. The number of carbonyl (C=O) groups excluding carboxylic acids is 1. The molecule has 1 aliphatic carbocycles. The SMILES string of the molecule is C=C1[C@@H](CO)[C@H](COC(c2ccccc2)(c2ccccc2)c2ccc(OC)cc2)[C@H]1n1cnc2c(NC(=O)c3ccccc3)ncnc21. The van der Waals surface area contributed by atoms with Crippen molar-refractivity contribution < 1.29 is 19.4 Å². The van der Waals surface area contributed by atoms with Gasteiger partial charge in [-0.25, -0.2) is 15.0 Å². The van der Waals surface area contributed by atoms with E-state index in [0.29, 0.717) is 22.5 Å². The number of benzene rings is 4. The lowest BCUT2D eigenvalue weighted by Gasteiger charge is -2.48. The van der Waals surface area contributed by atoms with Crippen LogP contribution in [0.4, 0.5) is 5.82 Å². The van der Waals surface area contributed by atoms with Gasteiger partial charge in [0.1, 0.15) is 17.7 Å². The predicted molar refractivity (Wildman–Crippen MR) is 184 cm³/mol. The molecule has 3 atom stereocenters. The van der Waals surface area contributed by atoms with Crippen LogP contribution in [0.5, 0.6) is 5.75 Å². The van der Waals surface area contributed by atoms with Crippen molar-refractivity contribution in [2.75, 3.05) is 25.6 Å². The molecule has 1 fully saturated rings. The largest absolute Gasteiger partial charge is 0.497 e. The van der Waals surface area contributed by atoms with Crippen molar-refractivity contribution in [2.45, 2.75) is 11.6 Å². The van der Waals surface area contributed by atoms with E-state index in [4.69, 9.17) is 9.47 Å². The number of rotatable bonds is 11. The van der Waals surface area contributed by atoms with E-state index in [1.54, 1.807) is 37.7 Å². The van der Waals surface area contributed by atoms with Crippen LogP contribution in [-0.4, -0.2) is 50.9 Å². The molecule has 0 bridgehead atoms. The first-order chi connectivity index (χ1) is 23.5. The Hall–Kier alpha value is -5.64. The molecule has 1 aliphatic rings. The Morgan fingerprint density at radius 1 is 0.854 bits per heavy atom. The van der Waals surface area contributed by atoms with Gasteiger partial charge in [0, 0.05) is 17.4 Å². The van der Waals surface area contributed by atoms with Gasteiger partial charge in [-0.2, -0.15) is 0 Å². The van der Waals surface area contributed by atoms with Gasteiger partial charge in [0.25, 0.3) is 5.91 Å². The first-order valence-electron chi connectivity index (χ1n) is 15.8. The highest BCUT2D eigenvalue weighted by molar-refractivity contribution is 6.06. The zero-order chi connectivity index (χ0) is 33.1. The predicted octanol–water partition coefficient (Wildman–Crippen LogP) is 6.43. The minimum atomic E-state index is -0.968. The Morgan fingerprint density at radius 3 is 2.06 bits per heavy atom. The Morgan fingerprint density at radius 2 is 1.46 bits per heavy atom. The summed E-state index contributed by atoms with van der Waals surface area (Å²) in [7, 11) is 1.65. The number of ether oxygens (including phenoxy) is 2. The molecule has 2 heterocycles. The van der Waals surface area contributed by atoms with Gasteiger partial charge < -0.3 is 24.5 Å². The van der Waals surface area contributed by atoms with Crippen LogP contribution in [0, 0.1) is 11.8 Å². The van der Waals surface area contributed by atoms with Crippen LogP contribution < -0.4 is 10.1 Å². The number of methoxy groups -OCH3 is 1. The average molecular weight is 638 g/mol. The molecule has 0 aliphatic heterocycles. The van der Waals surface area contributed by atoms with Crippen molar-refractivity contribution in [3.05, 3.63) is 162 Å². The number of hydrogen-bond acceptors (Lipinski definition) is 7. The molecule has 9 heteroatoms. The average Bonchev–Trinajstić information content (AvgIpc) is 3.57. The van der Waals surface area contributed by atoms with Gasteiger partial charge >= 0.3 is 0 Å².